The monoisotopic (exact) mass is 392 g/mol. The van der Waals surface area contributed by atoms with Crippen LogP contribution < -0.4 is 14.8 Å². The molecular weight excluding hydrogens is 368 g/mol. The van der Waals surface area contributed by atoms with Crippen LogP contribution in [0.4, 0.5) is 0 Å². The van der Waals surface area contributed by atoms with Crippen molar-refractivity contribution in [3.05, 3.63) is 22.2 Å². The average Bonchev–Trinajstić information content (AvgIpc) is 2.50. The van der Waals surface area contributed by atoms with Gasteiger partial charge >= 0.3 is 0 Å². The van der Waals surface area contributed by atoms with Crippen molar-refractivity contribution in [1.82, 2.24) is 10.2 Å². The summed E-state index contributed by atoms with van der Waals surface area (Å²) in [4.78, 5) is 2.49. The number of nitrogens with zero attached hydrogens (tertiary/aromatic N) is 1. The van der Waals surface area contributed by atoms with Crippen molar-refractivity contribution < 1.29 is 9.47 Å². The van der Waals surface area contributed by atoms with Gasteiger partial charge in [-0.05, 0) is 67.0 Å². The zero-order valence-corrected chi connectivity index (χ0v) is 15.9. The molecular formula is C16H26BrClN2O2. The second-order valence-electron chi connectivity index (χ2n) is 5.40. The quantitative estimate of drug-likeness (QED) is 0.802. The molecule has 6 heteroatoms. The lowest BCUT2D eigenvalue weighted by Crippen LogP contribution is -2.43. The van der Waals surface area contributed by atoms with E-state index in [1.165, 1.54) is 18.4 Å². The van der Waals surface area contributed by atoms with Crippen LogP contribution in [0.15, 0.2) is 16.6 Å². The number of benzene rings is 1. The summed E-state index contributed by atoms with van der Waals surface area (Å²) >= 11 is 3.59. The van der Waals surface area contributed by atoms with Crippen LogP contribution in [0.3, 0.4) is 0 Å². The van der Waals surface area contributed by atoms with Gasteiger partial charge in [-0.15, -0.1) is 12.4 Å². The molecule has 1 unspecified atom stereocenters. The van der Waals surface area contributed by atoms with Gasteiger partial charge in [0.05, 0.1) is 18.2 Å². The Labute approximate surface area is 148 Å². The van der Waals surface area contributed by atoms with E-state index in [1.807, 2.05) is 14.0 Å². The SMILES string of the molecule is CCOc1c(Br)cc(CN2CCCC(NC)C2)cc1OC.Cl. The fourth-order valence-corrected chi connectivity index (χ4v) is 3.45. The van der Waals surface area contributed by atoms with E-state index in [2.05, 4.69) is 38.3 Å². The highest BCUT2D eigenvalue weighted by molar-refractivity contribution is 9.10. The van der Waals surface area contributed by atoms with Gasteiger partial charge in [0.15, 0.2) is 11.5 Å². The number of ether oxygens (including phenoxy) is 2. The first-order valence-corrected chi connectivity index (χ1v) is 8.36. The molecule has 1 aliphatic rings. The molecule has 0 aromatic heterocycles. The Morgan fingerprint density at radius 2 is 2.18 bits per heavy atom. The van der Waals surface area contributed by atoms with Gasteiger partial charge in [-0.25, -0.2) is 0 Å². The molecule has 1 saturated heterocycles. The lowest BCUT2D eigenvalue weighted by molar-refractivity contribution is 0.187. The smallest absolute Gasteiger partial charge is 0.175 e. The molecule has 0 spiro atoms. The average molecular weight is 394 g/mol. The number of likely N-dealkylation sites (tertiary alicyclic amines) is 1. The van der Waals surface area contributed by atoms with Crippen LogP contribution in [0.5, 0.6) is 11.5 Å². The molecule has 0 saturated carbocycles. The number of rotatable bonds is 6. The number of halogens is 2. The van der Waals surface area contributed by atoms with E-state index in [-0.39, 0.29) is 12.4 Å². The van der Waals surface area contributed by atoms with Gasteiger partial charge in [0.1, 0.15) is 0 Å². The minimum atomic E-state index is 0. The molecule has 1 heterocycles. The minimum absolute atomic E-state index is 0. The predicted octanol–water partition coefficient (Wildman–Crippen LogP) is 3.46. The summed E-state index contributed by atoms with van der Waals surface area (Å²) in [6.45, 7) is 5.81. The molecule has 0 amide bonds. The number of hydrogen-bond donors (Lipinski definition) is 1. The number of likely N-dealkylation sites (N-methyl/N-ethyl adjacent to an activating group) is 1. The van der Waals surface area contributed by atoms with E-state index in [0.717, 1.165) is 35.6 Å². The Kier molecular flexibility index (Phi) is 8.54. The van der Waals surface area contributed by atoms with Crippen molar-refractivity contribution in [3.63, 3.8) is 0 Å². The number of nitrogens with one attached hydrogen (secondary N) is 1. The topological polar surface area (TPSA) is 33.7 Å². The molecule has 1 aromatic carbocycles. The van der Waals surface area contributed by atoms with E-state index in [1.54, 1.807) is 7.11 Å². The van der Waals surface area contributed by atoms with Crippen LogP contribution in [0.2, 0.25) is 0 Å². The van der Waals surface area contributed by atoms with Crippen molar-refractivity contribution in [2.45, 2.75) is 32.4 Å². The first-order valence-electron chi connectivity index (χ1n) is 7.56. The summed E-state index contributed by atoms with van der Waals surface area (Å²) in [7, 11) is 3.73. The van der Waals surface area contributed by atoms with Crippen LogP contribution in [-0.2, 0) is 6.54 Å². The van der Waals surface area contributed by atoms with Crippen LogP contribution in [-0.4, -0.2) is 44.8 Å². The molecule has 1 aromatic rings. The third-order valence-electron chi connectivity index (χ3n) is 3.90. The lowest BCUT2D eigenvalue weighted by atomic mass is 10.0. The van der Waals surface area contributed by atoms with Gasteiger partial charge in [-0.3, -0.25) is 4.90 Å². The molecule has 22 heavy (non-hydrogen) atoms. The molecule has 0 radical (unpaired) electrons. The molecule has 1 N–H and O–H groups in total. The second-order valence-corrected chi connectivity index (χ2v) is 6.26. The molecule has 1 atom stereocenters. The molecule has 0 bridgehead atoms. The highest BCUT2D eigenvalue weighted by Gasteiger charge is 2.19. The highest BCUT2D eigenvalue weighted by Crippen LogP contribution is 2.37. The van der Waals surface area contributed by atoms with Gasteiger partial charge in [0, 0.05) is 19.1 Å². The Hall–Kier alpha value is -0.490. The Balaban J connectivity index is 0.00000242. The van der Waals surface area contributed by atoms with Gasteiger partial charge in [-0.2, -0.15) is 0 Å². The Morgan fingerprint density at radius 3 is 2.82 bits per heavy atom. The number of hydrogen-bond acceptors (Lipinski definition) is 4. The van der Waals surface area contributed by atoms with Crippen LogP contribution in [0.1, 0.15) is 25.3 Å². The molecule has 0 aliphatic carbocycles. The van der Waals surface area contributed by atoms with Crippen molar-refractivity contribution >= 4 is 28.3 Å². The highest BCUT2D eigenvalue weighted by atomic mass is 79.9. The minimum Gasteiger partial charge on any atom is -0.493 e. The summed E-state index contributed by atoms with van der Waals surface area (Å²) in [6, 6.07) is 4.82. The first-order chi connectivity index (χ1) is 10.2. The summed E-state index contributed by atoms with van der Waals surface area (Å²) in [5.74, 6) is 1.58. The largest absolute Gasteiger partial charge is 0.493 e. The van der Waals surface area contributed by atoms with E-state index < -0.39 is 0 Å². The number of piperidine rings is 1. The molecule has 4 nitrogen and oxygen atoms in total. The third-order valence-corrected chi connectivity index (χ3v) is 4.49. The van der Waals surface area contributed by atoms with Crippen molar-refractivity contribution in [2.24, 2.45) is 0 Å². The molecule has 2 rings (SSSR count). The zero-order valence-electron chi connectivity index (χ0n) is 13.5. The van der Waals surface area contributed by atoms with Crippen LogP contribution in [0, 0.1) is 0 Å². The summed E-state index contributed by atoms with van der Waals surface area (Å²) in [5.41, 5.74) is 1.25. The maximum absolute atomic E-state index is 5.64. The third kappa shape index (κ3) is 5.01. The summed E-state index contributed by atoms with van der Waals surface area (Å²) in [5, 5.41) is 3.38. The fraction of sp³-hybridized carbons (Fsp3) is 0.625. The summed E-state index contributed by atoms with van der Waals surface area (Å²) in [6.07, 6.45) is 2.52. The van der Waals surface area contributed by atoms with E-state index >= 15 is 0 Å². The standard InChI is InChI=1S/C16H25BrN2O2.ClH/c1-4-21-16-14(17)8-12(9-15(16)20-3)10-19-7-5-6-13(11-19)18-2;/h8-9,13,18H,4-7,10-11H2,1-3H3;1H. The van der Waals surface area contributed by atoms with Crippen LogP contribution >= 0.6 is 28.3 Å². The summed E-state index contributed by atoms with van der Waals surface area (Å²) < 4.78 is 12.1. The van der Waals surface area contributed by atoms with E-state index in [0.29, 0.717) is 12.6 Å². The van der Waals surface area contributed by atoms with Crippen molar-refractivity contribution in [2.75, 3.05) is 33.9 Å². The maximum atomic E-state index is 5.64. The van der Waals surface area contributed by atoms with Gasteiger partial charge in [-0.1, -0.05) is 0 Å². The van der Waals surface area contributed by atoms with Crippen molar-refractivity contribution in [1.29, 1.82) is 0 Å². The normalized spacial score (nSPS) is 18.6. The van der Waals surface area contributed by atoms with Gasteiger partial charge < -0.3 is 14.8 Å². The lowest BCUT2D eigenvalue weighted by Gasteiger charge is -2.32. The van der Waals surface area contributed by atoms with E-state index in [4.69, 9.17) is 9.47 Å². The Morgan fingerprint density at radius 1 is 1.41 bits per heavy atom. The van der Waals surface area contributed by atoms with Gasteiger partial charge in [0.2, 0.25) is 0 Å². The number of methoxy groups -OCH3 is 1. The molecule has 126 valence electrons. The zero-order chi connectivity index (χ0) is 15.2. The predicted molar refractivity (Wildman–Crippen MR) is 96.5 cm³/mol. The van der Waals surface area contributed by atoms with Gasteiger partial charge in [0.25, 0.3) is 0 Å². The van der Waals surface area contributed by atoms with Crippen LogP contribution in [0.25, 0.3) is 0 Å². The Bertz CT molecular complexity index is 474. The fourth-order valence-electron chi connectivity index (χ4n) is 2.84. The maximum Gasteiger partial charge on any atom is 0.175 e. The first kappa shape index (κ1) is 19.6. The van der Waals surface area contributed by atoms with E-state index in [9.17, 15) is 0 Å². The van der Waals surface area contributed by atoms with Crippen molar-refractivity contribution in [3.8, 4) is 11.5 Å². The molecule has 1 aliphatic heterocycles. The second kappa shape index (κ2) is 9.60. The molecule has 1 fully saturated rings.